The number of methoxy groups -OCH3 is 1. The fourth-order valence-corrected chi connectivity index (χ4v) is 1.60. The number of carboxylic acid groups (broad SMARTS) is 1. The van der Waals surface area contributed by atoms with E-state index in [1.165, 1.54) is 27.2 Å². The van der Waals surface area contributed by atoms with Gasteiger partial charge in [0, 0.05) is 12.6 Å². The van der Waals surface area contributed by atoms with E-state index >= 15 is 0 Å². The Labute approximate surface area is 127 Å². The van der Waals surface area contributed by atoms with Crippen LogP contribution in [0.15, 0.2) is 23.8 Å². The number of hydrogen-bond donors (Lipinski definition) is 2. The van der Waals surface area contributed by atoms with Gasteiger partial charge in [0.1, 0.15) is 11.6 Å². The molecule has 0 aliphatic carbocycles. The number of hydrogen-bond acceptors (Lipinski definition) is 5. The minimum Gasteiger partial charge on any atom is -0.493 e. The Balaban J connectivity index is 3.36. The second kappa shape index (κ2) is 7.69. The molecule has 0 radical (unpaired) electrons. The molecule has 0 aliphatic heterocycles. The number of nitriles is 1. The minimum atomic E-state index is -1.15. The summed E-state index contributed by atoms with van der Waals surface area (Å²) in [7, 11) is 2.81. The largest absolute Gasteiger partial charge is 0.493 e. The van der Waals surface area contributed by atoms with Crippen molar-refractivity contribution >= 4 is 18.0 Å². The molecular weight excluding hydrogens is 288 g/mol. The predicted octanol–water partition coefficient (Wildman–Crippen LogP) is 1.20. The highest BCUT2D eigenvalue weighted by molar-refractivity contribution is 6.01. The number of carboxylic acids is 1. The fraction of sp³-hybridized carbons (Fsp3) is 0.267. The quantitative estimate of drug-likeness (QED) is 0.604. The molecular formula is C15H16N2O5. The van der Waals surface area contributed by atoms with Crippen molar-refractivity contribution in [3.63, 3.8) is 0 Å². The summed E-state index contributed by atoms with van der Waals surface area (Å²) in [5, 5.41) is 20.3. The number of rotatable bonds is 6. The van der Waals surface area contributed by atoms with Crippen molar-refractivity contribution < 1.29 is 24.2 Å². The first-order chi connectivity index (χ1) is 10.4. The van der Waals surface area contributed by atoms with E-state index in [0.29, 0.717) is 11.3 Å². The molecule has 2 N–H and O–H groups in total. The Bertz CT molecular complexity index is 646. The lowest BCUT2D eigenvalue weighted by Gasteiger charge is -2.16. The topological polar surface area (TPSA) is 109 Å². The number of likely N-dealkylation sites (N-methyl/N-ethyl adjacent to an activating group) is 1. The maximum atomic E-state index is 11.6. The highest BCUT2D eigenvalue weighted by Crippen LogP contribution is 2.33. The smallest absolute Gasteiger partial charge is 0.344 e. The maximum Gasteiger partial charge on any atom is 0.344 e. The molecule has 1 atom stereocenters. The van der Waals surface area contributed by atoms with Crippen LogP contribution in [0.5, 0.6) is 11.5 Å². The van der Waals surface area contributed by atoms with E-state index in [1.807, 2.05) is 0 Å². The van der Waals surface area contributed by atoms with Crippen molar-refractivity contribution in [1.29, 1.82) is 5.26 Å². The standard InChI is InChI=1S/C15H16N2O5/c1-9(15(19)20)22-13-10(5-4-6-12(13)21-3)7-11(8-16)14(18)17-2/h4-7,9H,1-3H3,(H,17,18)(H,19,20)/b11-7-/t9-/m0/s1. The van der Waals surface area contributed by atoms with E-state index in [9.17, 15) is 9.59 Å². The van der Waals surface area contributed by atoms with Crippen molar-refractivity contribution in [1.82, 2.24) is 5.32 Å². The SMILES string of the molecule is CNC(=O)/C(C#N)=C\c1cccc(OC)c1O[C@@H](C)C(=O)O. The molecule has 0 heterocycles. The van der Waals surface area contributed by atoms with Crippen LogP contribution in [0.4, 0.5) is 0 Å². The molecule has 0 fully saturated rings. The number of nitrogens with one attached hydrogen (secondary N) is 1. The van der Waals surface area contributed by atoms with Gasteiger partial charge < -0.3 is 19.9 Å². The molecule has 0 aliphatic rings. The minimum absolute atomic E-state index is 0.136. The Kier molecular flexibility index (Phi) is 5.96. The van der Waals surface area contributed by atoms with Gasteiger partial charge in [0.2, 0.25) is 0 Å². The number of carbonyl (C=O) groups excluding carboxylic acids is 1. The Morgan fingerprint density at radius 3 is 2.64 bits per heavy atom. The molecule has 0 saturated carbocycles. The molecule has 1 amide bonds. The van der Waals surface area contributed by atoms with Gasteiger partial charge in [-0.25, -0.2) is 4.79 Å². The molecule has 1 rings (SSSR count). The molecule has 0 unspecified atom stereocenters. The first-order valence-corrected chi connectivity index (χ1v) is 6.35. The molecule has 0 spiro atoms. The van der Waals surface area contributed by atoms with Crippen LogP contribution >= 0.6 is 0 Å². The molecule has 1 aromatic carbocycles. The van der Waals surface area contributed by atoms with Gasteiger partial charge in [-0.1, -0.05) is 12.1 Å². The zero-order valence-corrected chi connectivity index (χ0v) is 12.4. The van der Waals surface area contributed by atoms with Crippen molar-refractivity contribution in [3.8, 4) is 17.6 Å². The number of benzene rings is 1. The van der Waals surface area contributed by atoms with Gasteiger partial charge in [-0.05, 0) is 19.1 Å². The zero-order valence-electron chi connectivity index (χ0n) is 12.4. The van der Waals surface area contributed by atoms with Crippen LogP contribution in [0.3, 0.4) is 0 Å². The molecule has 0 bridgehead atoms. The van der Waals surface area contributed by atoms with Gasteiger partial charge in [-0.3, -0.25) is 4.79 Å². The molecule has 0 saturated heterocycles. The van der Waals surface area contributed by atoms with Gasteiger partial charge >= 0.3 is 5.97 Å². The zero-order chi connectivity index (χ0) is 16.7. The van der Waals surface area contributed by atoms with Crippen molar-refractivity contribution in [2.24, 2.45) is 0 Å². The van der Waals surface area contributed by atoms with Crippen molar-refractivity contribution in [2.75, 3.05) is 14.2 Å². The average molecular weight is 304 g/mol. The van der Waals surface area contributed by atoms with Crippen LogP contribution in [-0.4, -0.2) is 37.2 Å². The van der Waals surface area contributed by atoms with Crippen LogP contribution in [0.25, 0.3) is 6.08 Å². The normalized spacial score (nSPS) is 12.0. The Hall–Kier alpha value is -3.01. The van der Waals surface area contributed by atoms with Crippen LogP contribution in [-0.2, 0) is 9.59 Å². The van der Waals surface area contributed by atoms with Crippen molar-refractivity contribution in [2.45, 2.75) is 13.0 Å². The third-order valence-corrected chi connectivity index (χ3v) is 2.76. The number of carbonyl (C=O) groups is 2. The van der Waals surface area contributed by atoms with Gasteiger partial charge in [0.25, 0.3) is 5.91 Å². The summed E-state index contributed by atoms with van der Waals surface area (Å²) in [6, 6.07) is 6.60. The molecule has 7 heteroatoms. The first kappa shape index (κ1) is 17.0. The Morgan fingerprint density at radius 1 is 1.45 bits per heavy atom. The first-order valence-electron chi connectivity index (χ1n) is 6.35. The summed E-state index contributed by atoms with van der Waals surface area (Å²) < 4.78 is 10.5. The van der Waals surface area contributed by atoms with Gasteiger partial charge in [-0.2, -0.15) is 5.26 Å². The monoisotopic (exact) mass is 304 g/mol. The van der Waals surface area contributed by atoms with E-state index in [2.05, 4.69) is 5.32 Å². The second-order valence-electron chi connectivity index (χ2n) is 4.23. The second-order valence-corrected chi connectivity index (χ2v) is 4.23. The number of ether oxygens (including phenoxy) is 2. The molecule has 0 aromatic heterocycles. The lowest BCUT2D eigenvalue weighted by molar-refractivity contribution is -0.144. The van der Waals surface area contributed by atoms with Gasteiger partial charge in [0.15, 0.2) is 17.6 Å². The summed E-state index contributed by atoms with van der Waals surface area (Å²) in [5.41, 5.74) is 0.233. The summed E-state index contributed by atoms with van der Waals surface area (Å²) in [6.45, 7) is 1.37. The lowest BCUT2D eigenvalue weighted by atomic mass is 10.1. The highest BCUT2D eigenvalue weighted by Gasteiger charge is 2.18. The lowest BCUT2D eigenvalue weighted by Crippen LogP contribution is -2.23. The summed E-state index contributed by atoms with van der Waals surface area (Å²) in [6.07, 6.45) is 0.194. The molecule has 1 aromatic rings. The van der Waals surface area contributed by atoms with Gasteiger partial charge in [0.05, 0.1) is 7.11 Å². The third-order valence-electron chi connectivity index (χ3n) is 2.76. The van der Waals surface area contributed by atoms with Crippen LogP contribution in [0.1, 0.15) is 12.5 Å². The summed E-state index contributed by atoms with van der Waals surface area (Å²) in [5.74, 6) is -1.25. The summed E-state index contributed by atoms with van der Waals surface area (Å²) >= 11 is 0. The third kappa shape index (κ3) is 3.99. The average Bonchev–Trinajstić information content (AvgIpc) is 2.52. The highest BCUT2D eigenvalue weighted by atomic mass is 16.5. The summed E-state index contributed by atoms with van der Waals surface area (Å²) in [4.78, 5) is 22.5. The van der Waals surface area contributed by atoms with Crippen molar-refractivity contribution in [3.05, 3.63) is 29.3 Å². The molecule has 7 nitrogen and oxygen atoms in total. The molecule has 116 valence electrons. The number of nitrogens with zero attached hydrogens (tertiary/aromatic N) is 1. The van der Waals surface area contributed by atoms with Crippen LogP contribution < -0.4 is 14.8 Å². The van der Waals surface area contributed by atoms with E-state index in [0.717, 1.165) is 0 Å². The maximum absolute atomic E-state index is 11.6. The van der Waals surface area contributed by atoms with E-state index in [1.54, 1.807) is 24.3 Å². The number of amides is 1. The van der Waals surface area contributed by atoms with Crippen LogP contribution in [0, 0.1) is 11.3 Å². The van der Waals surface area contributed by atoms with E-state index in [4.69, 9.17) is 19.8 Å². The van der Waals surface area contributed by atoms with Gasteiger partial charge in [-0.15, -0.1) is 0 Å². The van der Waals surface area contributed by atoms with E-state index < -0.39 is 18.0 Å². The fourth-order valence-electron chi connectivity index (χ4n) is 1.60. The predicted molar refractivity (Wildman–Crippen MR) is 78.4 cm³/mol. The van der Waals surface area contributed by atoms with E-state index in [-0.39, 0.29) is 11.3 Å². The number of aliphatic carboxylic acids is 1. The Morgan fingerprint density at radius 2 is 2.14 bits per heavy atom. The molecule has 22 heavy (non-hydrogen) atoms. The number of para-hydroxylation sites is 1. The van der Waals surface area contributed by atoms with Crippen LogP contribution in [0.2, 0.25) is 0 Å².